The molecule has 3 aromatic heterocycles. The smallest absolute Gasteiger partial charge is 0.169 e. The van der Waals surface area contributed by atoms with Crippen molar-refractivity contribution in [2.24, 2.45) is 0 Å². The van der Waals surface area contributed by atoms with E-state index in [0.29, 0.717) is 5.69 Å². The topological polar surface area (TPSA) is 34.4 Å². The van der Waals surface area contributed by atoms with Gasteiger partial charge in [0, 0.05) is 6.20 Å². The first-order valence-electron chi connectivity index (χ1n) is 5.28. The number of aromatic nitrogens is 2. The summed E-state index contributed by atoms with van der Waals surface area (Å²) in [7, 11) is 0. The summed E-state index contributed by atoms with van der Waals surface area (Å²) in [6.07, 6.45) is 2.74. The number of fused-ring (bicyclic) bond motifs is 1. The standard InChI is InChI=1S/C13H10N2OS/c1-9-4-2-6-15-10(8-16)12(14-13(9)15)11-5-3-7-17-11/h2-8H,1H3. The van der Waals surface area contributed by atoms with Crippen LogP contribution in [0.5, 0.6) is 0 Å². The number of hydrogen-bond donors (Lipinski definition) is 0. The Bertz CT molecular complexity index is 683. The Labute approximate surface area is 102 Å². The predicted molar refractivity (Wildman–Crippen MR) is 68.6 cm³/mol. The lowest BCUT2D eigenvalue weighted by molar-refractivity contribution is 0.111. The highest BCUT2D eigenvalue weighted by atomic mass is 32.1. The van der Waals surface area contributed by atoms with E-state index in [0.717, 1.165) is 28.1 Å². The summed E-state index contributed by atoms with van der Waals surface area (Å²) in [6, 6.07) is 7.87. The molecule has 17 heavy (non-hydrogen) atoms. The summed E-state index contributed by atoms with van der Waals surface area (Å²) < 4.78 is 1.84. The van der Waals surface area contributed by atoms with Gasteiger partial charge in [-0.2, -0.15) is 0 Å². The molecule has 0 atom stereocenters. The third-order valence-electron chi connectivity index (χ3n) is 2.75. The number of pyridine rings is 1. The minimum absolute atomic E-state index is 0.617. The van der Waals surface area contributed by atoms with Crippen LogP contribution in [-0.2, 0) is 0 Å². The van der Waals surface area contributed by atoms with E-state index in [-0.39, 0.29) is 0 Å². The molecule has 84 valence electrons. The zero-order chi connectivity index (χ0) is 11.8. The molecule has 0 bridgehead atoms. The zero-order valence-corrected chi connectivity index (χ0v) is 10.1. The SMILES string of the molecule is Cc1cccn2c(C=O)c(-c3cccs3)nc12. The van der Waals surface area contributed by atoms with E-state index in [1.165, 1.54) is 0 Å². The van der Waals surface area contributed by atoms with Crippen LogP contribution in [0.25, 0.3) is 16.2 Å². The van der Waals surface area contributed by atoms with Crippen LogP contribution in [0, 0.1) is 6.92 Å². The van der Waals surface area contributed by atoms with Gasteiger partial charge < -0.3 is 0 Å². The molecule has 4 heteroatoms. The van der Waals surface area contributed by atoms with E-state index in [1.54, 1.807) is 11.3 Å². The van der Waals surface area contributed by atoms with Gasteiger partial charge in [0.1, 0.15) is 17.0 Å². The first kappa shape index (κ1) is 10.2. The highest BCUT2D eigenvalue weighted by Crippen LogP contribution is 2.28. The molecule has 0 aliphatic heterocycles. The van der Waals surface area contributed by atoms with Crippen LogP contribution >= 0.6 is 11.3 Å². The van der Waals surface area contributed by atoms with Gasteiger partial charge in [0.25, 0.3) is 0 Å². The van der Waals surface area contributed by atoms with Crippen molar-refractivity contribution in [3.05, 3.63) is 47.1 Å². The summed E-state index contributed by atoms with van der Waals surface area (Å²) in [5.74, 6) is 0. The van der Waals surface area contributed by atoms with E-state index in [2.05, 4.69) is 4.98 Å². The molecule has 0 spiro atoms. The average molecular weight is 242 g/mol. The molecule has 0 amide bonds. The summed E-state index contributed by atoms with van der Waals surface area (Å²) in [4.78, 5) is 16.8. The summed E-state index contributed by atoms with van der Waals surface area (Å²) in [5.41, 5.74) is 3.30. The molecule has 3 aromatic rings. The molecule has 0 fully saturated rings. The first-order valence-corrected chi connectivity index (χ1v) is 6.16. The number of carbonyl (C=O) groups is 1. The minimum atomic E-state index is 0.617. The number of carbonyl (C=O) groups excluding carboxylic acids is 1. The lowest BCUT2D eigenvalue weighted by Crippen LogP contribution is -1.92. The summed E-state index contributed by atoms with van der Waals surface area (Å²) in [6.45, 7) is 2.00. The maximum absolute atomic E-state index is 11.3. The lowest BCUT2D eigenvalue weighted by atomic mass is 10.3. The van der Waals surface area contributed by atoms with Gasteiger partial charge in [0.15, 0.2) is 6.29 Å². The van der Waals surface area contributed by atoms with Gasteiger partial charge in [-0.25, -0.2) is 4.98 Å². The van der Waals surface area contributed by atoms with Crippen LogP contribution in [0.1, 0.15) is 16.1 Å². The van der Waals surface area contributed by atoms with Crippen molar-refractivity contribution in [1.82, 2.24) is 9.38 Å². The number of rotatable bonds is 2. The number of thiophene rings is 1. The van der Waals surface area contributed by atoms with Gasteiger partial charge in [-0.3, -0.25) is 9.20 Å². The minimum Gasteiger partial charge on any atom is -0.296 e. The largest absolute Gasteiger partial charge is 0.296 e. The maximum atomic E-state index is 11.3. The Hall–Kier alpha value is -1.94. The van der Waals surface area contributed by atoms with Crippen molar-refractivity contribution in [3.63, 3.8) is 0 Å². The maximum Gasteiger partial charge on any atom is 0.169 e. The van der Waals surface area contributed by atoms with Crippen LogP contribution in [0.3, 0.4) is 0 Å². The molecular weight excluding hydrogens is 232 g/mol. The van der Waals surface area contributed by atoms with Gasteiger partial charge in [-0.15, -0.1) is 11.3 Å². The zero-order valence-electron chi connectivity index (χ0n) is 9.25. The Morgan fingerprint density at radius 2 is 2.24 bits per heavy atom. The Morgan fingerprint density at radius 3 is 2.94 bits per heavy atom. The Kier molecular flexibility index (Phi) is 2.30. The van der Waals surface area contributed by atoms with Crippen LogP contribution in [0.4, 0.5) is 0 Å². The molecular formula is C13H10N2OS. The van der Waals surface area contributed by atoms with Gasteiger partial charge in [-0.05, 0) is 30.0 Å². The molecule has 0 saturated carbocycles. The van der Waals surface area contributed by atoms with Gasteiger partial charge in [0.2, 0.25) is 0 Å². The van der Waals surface area contributed by atoms with Gasteiger partial charge in [0.05, 0.1) is 4.88 Å². The number of aryl methyl sites for hydroxylation is 1. The molecule has 0 aliphatic rings. The van der Waals surface area contributed by atoms with Crippen LogP contribution in [0.2, 0.25) is 0 Å². The average Bonchev–Trinajstić information content (AvgIpc) is 2.95. The van der Waals surface area contributed by atoms with E-state index in [1.807, 2.05) is 47.2 Å². The fraction of sp³-hybridized carbons (Fsp3) is 0.0769. The van der Waals surface area contributed by atoms with Crippen molar-refractivity contribution in [2.45, 2.75) is 6.92 Å². The fourth-order valence-corrected chi connectivity index (χ4v) is 2.65. The number of aldehydes is 1. The monoisotopic (exact) mass is 242 g/mol. The van der Waals surface area contributed by atoms with E-state index in [4.69, 9.17) is 0 Å². The number of nitrogens with zero attached hydrogens (tertiary/aromatic N) is 2. The van der Waals surface area contributed by atoms with Crippen molar-refractivity contribution in [1.29, 1.82) is 0 Å². The van der Waals surface area contributed by atoms with Crippen LogP contribution < -0.4 is 0 Å². The predicted octanol–water partition coefficient (Wildman–Crippen LogP) is 3.18. The van der Waals surface area contributed by atoms with Gasteiger partial charge in [-0.1, -0.05) is 12.1 Å². The summed E-state index contributed by atoms with van der Waals surface area (Å²) in [5, 5.41) is 1.99. The first-order chi connectivity index (χ1) is 8.31. The Morgan fingerprint density at radius 1 is 1.35 bits per heavy atom. The van der Waals surface area contributed by atoms with E-state index in [9.17, 15) is 4.79 Å². The highest BCUT2D eigenvalue weighted by Gasteiger charge is 2.14. The van der Waals surface area contributed by atoms with Crippen molar-refractivity contribution in [2.75, 3.05) is 0 Å². The molecule has 3 heterocycles. The highest BCUT2D eigenvalue weighted by molar-refractivity contribution is 7.13. The quantitative estimate of drug-likeness (QED) is 0.647. The third-order valence-corrected chi connectivity index (χ3v) is 3.62. The third kappa shape index (κ3) is 1.49. The van der Waals surface area contributed by atoms with Crippen molar-refractivity contribution >= 4 is 23.3 Å². The molecule has 3 rings (SSSR count). The molecule has 0 N–H and O–H groups in total. The normalized spacial score (nSPS) is 10.9. The van der Waals surface area contributed by atoms with E-state index >= 15 is 0 Å². The molecule has 0 radical (unpaired) electrons. The summed E-state index contributed by atoms with van der Waals surface area (Å²) >= 11 is 1.59. The molecule has 0 unspecified atom stereocenters. The molecule has 0 aliphatic carbocycles. The fourth-order valence-electron chi connectivity index (χ4n) is 1.93. The second kappa shape index (κ2) is 3.82. The van der Waals surface area contributed by atoms with Crippen LogP contribution in [-0.4, -0.2) is 15.7 Å². The number of imidazole rings is 1. The lowest BCUT2D eigenvalue weighted by Gasteiger charge is -1.97. The molecule has 0 aromatic carbocycles. The van der Waals surface area contributed by atoms with Crippen LogP contribution in [0.15, 0.2) is 35.8 Å². The second-order valence-electron chi connectivity index (χ2n) is 3.83. The number of hydrogen-bond acceptors (Lipinski definition) is 3. The molecule has 3 nitrogen and oxygen atoms in total. The van der Waals surface area contributed by atoms with Crippen molar-refractivity contribution in [3.8, 4) is 10.6 Å². The van der Waals surface area contributed by atoms with E-state index < -0.39 is 0 Å². The molecule has 0 saturated heterocycles. The van der Waals surface area contributed by atoms with Gasteiger partial charge >= 0.3 is 0 Å². The second-order valence-corrected chi connectivity index (χ2v) is 4.77. The van der Waals surface area contributed by atoms with Crippen molar-refractivity contribution < 1.29 is 4.79 Å². The Balaban J connectivity index is 2.40.